The molecule has 19 heavy (non-hydrogen) atoms. The van der Waals surface area contributed by atoms with Gasteiger partial charge in [0.05, 0.1) is 5.69 Å². The highest BCUT2D eigenvalue weighted by atomic mass is 16.1. The molecule has 3 N–H and O–H groups in total. The number of nitrogens with zero attached hydrogens (tertiary/aromatic N) is 4. The van der Waals surface area contributed by atoms with E-state index in [1.165, 1.54) is 0 Å². The second kappa shape index (κ2) is 5.29. The van der Waals surface area contributed by atoms with Gasteiger partial charge in [0.1, 0.15) is 12.1 Å². The summed E-state index contributed by atoms with van der Waals surface area (Å²) >= 11 is 0. The molecule has 7 heteroatoms. The van der Waals surface area contributed by atoms with Crippen molar-refractivity contribution in [2.24, 2.45) is 7.05 Å². The minimum absolute atomic E-state index is 0.0629. The topological polar surface area (TPSA) is 90.8 Å². The molecular weight excluding hydrogens is 244 g/mol. The van der Waals surface area contributed by atoms with Gasteiger partial charge in [-0.3, -0.25) is 14.0 Å². The number of hydrogen-bond acceptors (Lipinski definition) is 4. The number of carbonyl (C=O) groups is 1. The smallest absolute Gasteiger partial charge is 0.240 e. The summed E-state index contributed by atoms with van der Waals surface area (Å²) < 4.78 is 3.43. The fraction of sp³-hybridized carbons (Fsp3) is 0.583. The number of imidazole rings is 1. The van der Waals surface area contributed by atoms with Crippen LogP contribution in [0.15, 0.2) is 0 Å². The molecule has 2 rings (SSSR count). The van der Waals surface area contributed by atoms with Gasteiger partial charge in [0.25, 0.3) is 0 Å². The van der Waals surface area contributed by atoms with Crippen LogP contribution in [0.3, 0.4) is 0 Å². The Morgan fingerprint density at radius 3 is 2.79 bits per heavy atom. The number of nitrogens with one attached hydrogen (secondary N) is 1. The lowest BCUT2D eigenvalue weighted by Crippen LogP contribution is -2.28. The van der Waals surface area contributed by atoms with Gasteiger partial charge >= 0.3 is 0 Å². The molecule has 0 fully saturated rings. The molecule has 0 saturated heterocycles. The molecule has 2 heterocycles. The monoisotopic (exact) mass is 264 g/mol. The van der Waals surface area contributed by atoms with E-state index >= 15 is 0 Å². The molecule has 0 saturated carbocycles. The summed E-state index contributed by atoms with van der Waals surface area (Å²) in [6.07, 6.45) is 1.70. The Labute approximate surface area is 111 Å². The van der Waals surface area contributed by atoms with Crippen molar-refractivity contribution in [3.63, 3.8) is 0 Å². The van der Waals surface area contributed by atoms with E-state index in [2.05, 4.69) is 15.4 Å². The van der Waals surface area contributed by atoms with Crippen LogP contribution in [0.2, 0.25) is 0 Å². The van der Waals surface area contributed by atoms with Gasteiger partial charge in [0, 0.05) is 13.6 Å². The zero-order valence-corrected chi connectivity index (χ0v) is 11.6. The Hall–Kier alpha value is -2.05. The average molecular weight is 264 g/mol. The highest BCUT2D eigenvalue weighted by molar-refractivity contribution is 5.82. The largest absolute Gasteiger partial charge is 0.369 e. The SMILES string of the molecule is CCCNC(=O)Cn1c(N)nc2c(CC)nn(C)c21. The first-order valence-corrected chi connectivity index (χ1v) is 6.52. The van der Waals surface area contributed by atoms with Gasteiger partial charge in [-0.05, 0) is 12.8 Å². The van der Waals surface area contributed by atoms with E-state index in [0.29, 0.717) is 12.5 Å². The van der Waals surface area contributed by atoms with E-state index in [9.17, 15) is 4.79 Å². The van der Waals surface area contributed by atoms with Gasteiger partial charge in [-0.25, -0.2) is 4.98 Å². The number of hydrogen-bond donors (Lipinski definition) is 2. The molecule has 0 aliphatic rings. The van der Waals surface area contributed by atoms with Crippen molar-refractivity contribution in [3.05, 3.63) is 5.69 Å². The fourth-order valence-corrected chi connectivity index (χ4v) is 2.12. The lowest BCUT2D eigenvalue weighted by Gasteiger charge is -2.07. The maximum Gasteiger partial charge on any atom is 0.240 e. The summed E-state index contributed by atoms with van der Waals surface area (Å²) in [6.45, 7) is 4.87. The molecule has 0 aliphatic heterocycles. The Morgan fingerprint density at radius 2 is 2.16 bits per heavy atom. The van der Waals surface area contributed by atoms with Crippen LogP contribution in [0.4, 0.5) is 5.95 Å². The fourth-order valence-electron chi connectivity index (χ4n) is 2.12. The van der Waals surface area contributed by atoms with Crippen LogP contribution in [-0.4, -0.2) is 31.8 Å². The molecule has 2 aromatic rings. The van der Waals surface area contributed by atoms with Crippen LogP contribution in [0.1, 0.15) is 26.0 Å². The Morgan fingerprint density at radius 1 is 1.42 bits per heavy atom. The standard InChI is InChI=1S/C12H20N6O/c1-4-6-14-9(19)7-18-11-10(15-12(18)13)8(5-2)16-17(11)3/h4-7H2,1-3H3,(H2,13,15)(H,14,19). The quantitative estimate of drug-likeness (QED) is 0.820. The van der Waals surface area contributed by atoms with Gasteiger partial charge in [0.2, 0.25) is 11.9 Å². The highest BCUT2D eigenvalue weighted by Gasteiger charge is 2.18. The van der Waals surface area contributed by atoms with E-state index in [1.807, 2.05) is 20.9 Å². The number of fused-ring (bicyclic) bond motifs is 1. The van der Waals surface area contributed by atoms with Crippen molar-refractivity contribution in [3.8, 4) is 0 Å². The third kappa shape index (κ3) is 2.40. The minimum atomic E-state index is -0.0629. The number of aromatic nitrogens is 4. The van der Waals surface area contributed by atoms with Crippen molar-refractivity contribution in [1.29, 1.82) is 0 Å². The third-order valence-electron chi connectivity index (χ3n) is 3.03. The summed E-state index contributed by atoms with van der Waals surface area (Å²) in [5.41, 5.74) is 8.37. The highest BCUT2D eigenvalue weighted by Crippen LogP contribution is 2.20. The van der Waals surface area contributed by atoms with Gasteiger partial charge in [-0.15, -0.1) is 0 Å². The molecule has 7 nitrogen and oxygen atoms in total. The van der Waals surface area contributed by atoms with E-state index in [-0.39, 0.29) is 12.5 Å². The predicted octanol–water partition coefficient (Wildman–Crippen LogP) is 0.441. The number of rotatable bonds is 5. The molecule has 0 spiro atoms. The zero-order valence-electron chi connectivity index (χ0n) is 11.6. The number of nitrogens with two attached hydrogens (primary N) is 1. The second-order valence-corrected chi connectivity index (χ2v) is 4.50. The average Bonchev–Trinajstić information content (AvgIpc) is 2.86. The summed E-state index contributed by atoms with van der Waals surface area (Å²) in [7, 11) is 1.84. The normalized spacial score (nSPS) is 11.1. The zero-order chi connectivity index (χ0) is 14.0. The molecular formula is C12H20N6O. The minimum Gasteiger partial charge on any atom is -0.369 e. The first-order chi connectivity index (χ1) is 9.08. The lowest BCUT2D eigenvalue weighted by atomic mass is 10.3. The summed E-state index contributed by atoms with van der Waals surface area (Å²) in [6, 6.07) is 0. The van der Waals surface area contributed by atoms with Crippen molar-refractivity contribution in [2.45, 2.75) is 33.2 Å². The van der Waals surface area contributed by atoms with Crippen LogP contribution in [0.25, 0.3) is 11.2 Å². The van der Waals surface area contributed by atoms with Crippen molar-refractivity contribution < 1.29 is 4.79 Å². The van der Waals surface area contributed by atoms with E-state index in [0.717, 1.165) is 29.7 Å². The van der Waals surface area contributed by atoms with Gasteiger partial charge in [0.15, 0.2) is 5.65 Å². The van der Waals surface area contributed by atoms with Crippen LogP contribution >= 0.6 is 0 Å². The molecule has 1 amide bonds. The molecule has 2 aromatic heterocycles. The van der Waals surface area contributed by atoms with Gasteiger partial charge in [-0.1, -0.05) is 13.8 Å². The molecule has 0 unspecified atom stereocenters. The van der Waals surface area contributed by atoms with E-state index < -0.39 is 0 Å². The van der Waals surface area contributed by atoms with Crippen LogP contribution in [0, 0.1) is 0 Å². The number of aryl methyl sites for hydroxylation is 2. The van der Waals surface area contributed by atoms with E-state index in [1.54, 1.807) is 9.25 Å². The van der Waals surface area contributed by atoms with Crippen LogP contribution in [0.5, 0.6) is 0 Å². The lowest BCUT2D eigenvalue weighted by molar-refractivity contribution is -0.121. The van der Waals surface area contributed by atoms with Crippen molar-refractivity contribution >= 4 is 23.0 Å². The molecule has 104 valence electrons. The Kier molecular flexibility index (Phi) is 3.73. The number of amides is 1. The summed E-state index contributed by atoms with van der Waals surface area (Å²) in [4.78, 5) is 16.1. The Bertz CT molecular complexity index is 597. The maximum atomic E-state index is 11.8. The van der Waals surface area contributed by atoms with Gasteiger partial charge < -0.3 is 11.1 Å². The predicted molar refractivity (Wildman–Crippen MR) is 73.6 cm³/mol. The second-order valence-electron chi connectivity index (χ2n) is 4.50. The first-order valence-electron chi connectivity index (χ1n) is 6.52. The number of carbonyl (C=O) groups excluding carboxylic acids is 1. The van der Waals surface area contributed by atoms with Crippen molar-refractivity contribution in [1.82, 2.24) is 24.6 Å². The van der Waals surface area contributed by atoms with Gasteiger partial charge in [-0.2, -0.15) is 5.10 Å². The third-order valence-corrected chi connectivity index (χ3v) is 3.03. The van der Waals surface area contributed by atoms with Crippen molar-refractivity contribution in [2.75, 3.05) is 12.3 Å². The van der Waals surface area contributed by atoms with Crippen LogP contribution in [-0.2, 0) is 24.8 Å². The summed E-state index contributed by atoms with van der Waals surface area (Å²) in [5.74, 6) is 0.288. The molecule has 0 bridgehead atoms. The molecule has 0 aromatic carbocycles. The maximum absolute atomic E-state index is 11.8. The molecule has 0 aliphatic carbocycles. The molecule has 0 atom stereocenters. The number of anilines is 1. The summed E-state index contributed by atoms with van der Waals surface area (Å²) in [5, 5.41) is 7.22. The first kappa shape index (κ1) is 13.4. The number of nitrogen functional groups attached to an aromatic ring is 1. The molecule has 0 radical (unpaired) electrons. The van der Waals surface area contributed by atoms with E-state index in [4.69, 9.17) is 5.73 Å². The Balaban J connectivity index is 2.35. The van der Waals surface area contributed by atoms with Crippen LogP contribution < -0.4 is 11.1 Å².